The topological polar surface area (TPSA) is 169 Å². The van der Waals surface area contributed by atoms with Gasteiger partial charge in [0.15, 0.2) is 6.04 Å². The van der Waals surface area contributed by atoms with Crippen molar-refractivity contribution in [1.29, 1.82) is 0 Å². The van der Waals surface area contributed by atoms with Crippen LogP contribution in [0.4, 0.5) is 0 Å². The van der Waals surface area contributed by atoms with Gasteiger partial charge in [-0.3, -0.25) is 14.4 Å². The van der Waals surface area contributed by atoms with Crippen LogP contribution < -0.4 is 21.0 Å². The Morgan fingerprint density at radius 3 is 2.27 bits per heavy atom. The van der Waals surface area contributed by atoms with Crippen molar-refractivity contribution in [2.24, 2.45) is 17.8 Å². The van der Waals surface area contributed by atoms with Crippen molar-refractivity contribution >= 4 is 66.4 Å². The highest BCUT2D eigenvalue weighted by atomic mass is 32.2. The zero-order chi connectivity index (χ0) is 32.6. The van der Waals surface area contributed by atoms with Crippen molar-refractivity contribution in [2.75, 3.05) is 11.5 Å². The number of carbonyl (C=O) groups excluding carboxylic acids is 1. The molecule has 1 amide bonds. The van der Waals surface area contributed by atoms with E-state index in [2.05, 4.69) is 39.8 Å². The molecule has 5 heterocycles. The third-order valence-electron chi connectivity index (χ3n) is 9.28. The summed E-state index contributed by atoms with van der Waals surface area (Å²) in [5, 5.41) is 34.1. The lowest BCUT2D eigenvalue weighted by atomic mass is 9.91. The van der Waals surface area contributed by atoms with E-state index in [1.807, 2.05) is 39.0 Å². The standard InChI is InChI=1S/C33H40N4O6S2/c1-15-19(5-7-29(38)39)25(34-22(15)11-24-18(4)31(28-14-45-28)33(43)36-24)13-26-20(6-8-30(40)41)16(2)23(35-26)12-27-21(9-10-44)17(3)32(42)37-27/h11-13,17-18,21,24,34-35,44H,5-10,14H2,1-4H3,(H,36,43)(H,37,42)(H,38,39)(H,40,41)/p+1/b22-11+,25-13+,27-12-,31-28+/t17-,18?,21-,24-/m1/s1. The Bertz CT molecular complexity index is 1760. The summed E-state index contributed by atoms with van der Waals surface area (Å²) in [7, 11) is 0. The minimum absolute atomic E-state index is 0.0114. The molecule has 2 fully saturated rings. The predicted octanol–water partition coefficient (Wildman–Crippen LogP) is 1.70. The molecule has 2 aromatic heterocycles. The SMILES string of the molecule is Cc1c(/C=C2\NC(=O)[C@H](C)[C@H]2CCS)[nH]c(/C=c2/[nH]/c(=C/[C@H]3[NH+]=C(O)/C(=C4\CS4)C3C)c(C)c2CCC(=O)O)c1CCC(=O)O. The van der Waals surface area contributed by atoms with Crippen LogP contribution >= 0.6 is 24.4 Å². The Kier molecular flexibility index (Phi) is 9.74. The quantitative estimate of drug-likeness (QED) is 0.135. The van der Waals surface area contributed by atoms with Crippen LogP contribution in [-0.2, 0) is 27.2 Å². The molecule has 7 N–H and O–H groups in total. The average molecular weight is 654 g/mol. The molecule has 12 heteroatoms. The molecule has 0 radical (unpaired) electrons. The molecular weight excluding hydrogens is 613 g/mol. The number of allylic oxidation sites excluding steroid dienone is 1. The largest absolute Gasteiger partial charge is 0.481 e. The first-order valence-corrected chi connectivity index (χ1v) is 16.9. The Morgan fingerprint density at radius 2 is 1.64 bits per heavy atom. The van der Waals surface area contributed by atoms with E-state index >= 15 is 0 Å². The third-order valence-corrected chi connectivity index (χ3v) is 10.3. The molecule has 2 saturated heterocycles. The summed E-state index contributed by atoms with van der Waals surface area (Å²) in [4.78, 5) is 47.0. The van der Waals surface area contributed by atoms with Gasteiger partial charge in [0.1, 0.15) is 0 Å². The molecule has 2 aromatic rings. The molecule has 0 bridgehead atoms. The van der Waals surface area contributed by atoms with Crippen molar-refractivity contribution in [1.82, 2.24) is 15.3 Å². The number of hydrogen-bond donors (Lipinski definition) is 8. The number of rotatable bonds is 11. The lowest BCUT2D eigenvalue weighted by Crippen LogP contribution is -2.76. The Balaban J connectivity index is 1.62. The van der Waals surface area contributed by atoms with Crippen LogP contribution in [0.3, 0.4) is 0 Å². The number of carboxylic acids is 2. The van der Waals surface area contributed by atoms with Crippen LogP contribution in [-0.4, -0.2) is 66.6 Å². The van der Waals surface area contributed by atoms with Gasteiger partial charge in [0.25, 0.3) is 0 Å². The summed E-state index contributed by atoms with van der Waals surface area (Å²) in [6.45, 7) is 7.89. The number of thiol groups is 1. The molecular formula is C33H41N4O6S2+. The van der Waals surface area contributed by atoms with E-state index in [0.29, 0.717) is 18.6 Å². The third kappa shape index (κ3) is 6.96. The molecule has 3 aliphatic heterocycles. The number of aromatic nitrogens is 2. The van der Waals surface area contributed by atoms with Crippen molar-refractivity contribution in [3.8, 4) is 0 Å². The van der Waals surface area contributed by atoms with Crippen LogP contribution in [0.1, 0.15) is 66.8 Å². The lowest BCUT2D eigenvalue weighted by Gasteiger charge is -2.12. The van der Waals surface area contributed by atoms with E-state index in [1.54, 1.807) is 11.8 Å². The number of carbonyl (C=O) groups is 3. The minimum atomic E-state index is -0.904. The molecule has 45 heavy (non-hydrogen) atoms. The molecule has 1 unspecified atom stereocenters. The summed E-state index contributed by atoms with van der Waals surface area (Å²) in [5.41, 5.74) is 6.81. The molecule has 0 aliphatic carbocycles. The van der Waals surface area contributed by atoms with Crippen LogP contribution in [0, 0.1) is 31.6 Å². The van der Waals surface area contributed by atoms with Crippen LogP contribution in [0.25, 0.3) is 18.2 Å². The molecule has 0 saturated carbocycles. The number of amides is 1. The highest BCUT2D eigenvalue weighted by Gasteiger charge is 2.41. The Morgan fingerprint density at radius 1 is 0.978 bits per heavy atom. The predicted molar refractivity (Wildman–Crippen MR) is 179 cm³/mol. The lowest BCUT2D eigenvalue weighted by molar-refractivity contribution is -0.487. The maximum absolute atomic E-state index is 12.5. The van der Waals surface area contributed by atoms with Gasteiger partial charge < -0.3 is 30.6 Å². The maximum Gasteiger partial charge on any atom is 0.363 e. The number of aliphatic carboxylic acids is 2. The van der Waals surface area contributed by atoms with Gasteiger partial charge in [-0.05, 0) is 73.3 Å². The first kappa shape index (κ1) is 32.7. The van der Waals surface area contributed by atoms with Gasteiger partial charge in [-0.15, -0.1) is 11.8 Å². The number of aliphatic hydroxyl groups is 1. The Hall–Kier alpha value is -3.64. The molecule has 3 aliphatic rings. The fourth-order valence-electron chi connectivity index (χ4n) is 6.51. The number of H-pyrrole nitrogens is 2. The molecule has 10 nitrogen and oxygen atoms in total. The zero-order valence-corrected chi connectivity index (χ0v) is 27.6. The van der Waals surface area contributed by atoms with Gasteiger partial charge in [0.05, 0.1) is 11.5 Å². The molecule has 0 spiro atoms. The van der Waals surface area contributed by atoms with E-state index in [9.17, 15) is 29.7 Å². The molecule has 5 rings (SSSR count). The number of aromatic amines is 2. The number of carboxylic acid groups (broad SMARTS) is 2. The summed E-state index contributed by atoms with van der Waals surface area (Å²) in [6.07, 6.45) is 7.17. The van der Waals surface area contributed by atoms with E-state index < -0.39 is 11.9 Å². The first-order valence-electron chi connectivity index (χ1n) is 15.3. The molecule has 240 valence electrons. The van der Waals surface area contributed by atoms with Crippen LogP contribution in [0.5, 0.6) is 0 Å². The fraction of sp³-hybridized carbons (Fsp3) is 0.455. The van der Waals surface area contributed by atoms with Crippen LogP contribution in [0.15, 0.2) is 16.2 Å². The van der Waals surface area contributed by atoms with E-state index in [4.69, 9.17) is 0 Å². The van der Waals surface area contributed by atoms with E-state index in [0.717, 1.165) is 67.8 Å². The van der Waals surface area contributed by atoms with Gasteiger partial charge in [-0.1, -0.05) is 13.8 Å². The minimum Gasteiger partial charge on any atom is -0.481 e. The summed E-state index contributed by atoms with van der Waals surface area (Å²) in [5.74, 6) is -0.135. The number of aliphatic hydroxyl groups excluding tert-OH is 1. The van der Waals surface area contributed by atoms with Crippen molar-refractivity contribution < 1.29 is 34.7 Å². The second-order valence-electron chi connectivity index (χ2n) is 12.1. The fourth-order valence-corrected chi connectivity index (χ4v) is 7.45. The summed E-state index contributed by atoms with van der Waals surface area (Å²) < 4.78 is 0. The van der Waals surface area contributed by atoms with Crippen molar-refractivity contribution in [3.05, 3.63) is 60.5 Å². The number of nitrogens with one attached hydrogen (secondary N) is 4. The highest BCUT2D eigenvalue weighted by Crippen LogP contribution is 2.41. The average Bonchev–Trinajstić information content (AvgIpc) is 3.56. The van der Waals surface area contributed by atoms with Crippen LogP contribution in [0.2, 0.25) is 0 Å². The van der Waals surface area contributed by atoms with Crippen molar-refractivity contribution in [3.63, 3.8) is 0 Å². The maximum atomic E-state index is 12.5. The summed E-state index contributed by atoms with van der Waals surface area (Å²) in [6, 6.07) is -0.141. The highest BCUT2D eigenvalue weighted by molar-refractivity contribution is 8.11. The van der Waals surface area contributed by atoms with Gasteiger partial charge >= 0.3 is 17.8 Å². The first-order chi connectivity index (χ1) is 21.4. The van der Waals surface area contributed by atoms with Gasteiger partial charge in [0.2, 0.25) is 5.91 Å². The van der Waals surface area contributed by atoms with Gasteiger partial charge in [-0.2, -0.15) is 12.6 Å². The number of thioether (sulfide) groups is 1. The smallest absolute Gasteiger partial charge is 0.363 e. The van der Waals surface area contributed by atoms with E-state index in [-0.39, 0.29) is 48.4 Å². The normalized spacial score (nSPS) is 26.2. The summed E-state index contributed by atoms with van der Waals surface area (Å²) >= 11 is 6.12. The van der Waals surface area contributed by atoms with Crippen molar-refractivity contribution in [2.45, 2.75) is 65.8 Å². The molecule has 0 aromatic carbocycles. The number of hydrogen-bond acceptors (Lipinski definition) is 5. The van der Waals surface area contributed by atoms with E-state index in [1.165, 1.54) is 4.91 Å². The van der Waals surface area contributed by atoms with Gasteiger partial charge in [0, 0.05) is 69.2 Å². The second kappa shape index (κ2) is 13.4. The van der Waals surface area contributed by atoms with Gasteiger partial charge in [-0.25, -0.2) is 4.99 Å². The second-order valence-corrected chi connectivity index (χ2v) is 13.7. The monoisotopic (exact) mass is 653 g/mol. The Labute approximate surface area is 271 Å². The molecule has 4 atom stereocenters. The zero-order valence-electron chi connectivity index (χ0n) is 25.9.